The summed E-state index contributed by atoms with van der Waals surface area (Å²) in [5, 5.41) is 13.5. The van der Waals surface area contributed by atoms with Crippen LogP contribution >= 0.6 is 0 Å². The Kier molecular flexibility index (Phi) is 6.83. The highest BCUT2D eigenvalue weighted by molar-refractivity contribution is 6.08. The van der Waals surface area contributed by atoms with Crippen molar-refractivity contribution in [3.8, 4) is 22.6 Å². The predicted octanol–water partition coefficient (Wildman–Crippen LogP) is 4.54. The molecule has 0 bridgehead atoms. The van der Waals surface area contributed by atoms with Crippen LogP contribution in [0.25, 0.3) is 22.0 Å². The Balaban J connectivity index is 1.59. The molecule has 1 heterocycles. The molecular weight excluding hydrogens is 456 g/mol. The van der Waals surface area contributed by atoms with Gasteiger partial charge in [0.2, 0.25) is 0 Å². The summed E-state index contributed by atoms with van der Waals surface area (Å²) in [6.07, 6.45) is 0. The number of aromatic nitrogens is 2. The van der Waals surface area contributed by atoms with E-state index in [1.54, 1.807) is 30.3 Å². The molecule has 35 heavy (non-hydrogen) atoms. The van der Waals surface area contributed by atoms with Gasteiger partial charge in [0.05, 0.1) is 25.3 Å². The normalized spacial score (nSPS) is 11.8. The fourth-order valence-corrected chi connectivity index (χ4v) is 3.61. The number of nitrogens with two attached hydrogens (primary N) is 1. The molecule has 5 N–H and O–H groups in total. The second-order valence-corrected chi connectivity index (χ2v) is 8.01. The Morgan fingerprint density at radius 2 is 1.71 bits per heavy atom. The molecule has 4 aromatic rings. The summed E-state index contributed by atoms with van der Waals surface area (Å²) in [5.41, 5.74) is 7.47. The number of fused-ring (bicyclic) bond motifs is 1. The SMILES string of the molecule is COc1cc(OC)c(F)c(-c2ccc3c(NC(=O)c4ccc(NC[C@@H](C)N)cc4)n[nH]c3c2)c1F. The number of anilines is 2. The number of carbonyl (C=O) groups excluding carboxylic acids is 1. The van der Waals surface area contributed by atoms with Crippen molar-refractivity contribution in [3.05, 3.63) is 65.7 Å². The zero-order chi connectivity index (χ0) is 25.1. The van der Waals surface area contributed by atoms with Gasteiger partial charge in [0, 0.05) is 35.3 Å². The quantitative estimate of drug-likeness (QED) is 0.294. The molecule has 182 valence electrons. The monoisotopic (exact) mass is 481 g/mol. The average molecular weight is 482 g/mol. The van der Waals surface area contributed by atoms with Crippen LogP contribution in [0.5, 0.6) is 11.5 Å². The molecule has 0 fully saturated rings. The molecular formula is C25H25F2N5O3. The van der Waals surface area contributed by atoms with E-state index >= 15 is 0 Å². The van der Waals surface area contributed by atoms with E-state index in [1.807, 2.05) is 6.92 Å². The van der Waals surface area contributed by atoms with Crippen molar-refractivity contribution < 1.29 is 23.0 Å². The van der Waals surface area contributed by atoms with Crippen LogP contribution in [0.4, 0.5) is 20.3 Å². The zero-order valence-electron chi connectivity index (χ0n) is 19.4. The van der Waals surface area contributed by atoms with Crippen molar-refractivity contribution in [1.29, 1.82) is 0 Å². The number of nitrogens with zero attached hydrogens (tertiary/aromatic N) is 1. The van der Waals surface area contributed by atoms with Gasteiger partial charge in [-0.2, -0.15) is 5.10 Å². The van der Waals surface area contributed by atoms with Gasteiger partial charge in [0.25, 0.3) is 5.91 Å². The fraction of sp³-hybridized carbons (Fsp3) is 0.200. The highest BCUT2D eigenvalue weighted by atomic mass is 19.1. The number of aromatic amines is 1. The minimum Gasteiger partial charge on any atom is -0.494 e. The van der Waals surface area contributed by atoms with Gasteiger partial charge in [-0.1, -0.05) is 6.07 Å². The molecule has 0 radical (unpaired) electrons. The number of hydrogen-bond donors (Lipinski definition) is 4. The third-order valence-corrected chi connectivity index (χ3v) is 5.43. The molecule has 0 saturated carbocycles. The van der Waals surface area contributed by atoms with E-state index < -0.39 is 11.6 Å². The second kappa shape index (κ2) is 9.98. The van der Waals surface area contributed by atoms with Crippen LogP contribution in [-0.4, -0.2) is 42.9 Å². The molecule has 0 saturated heterocycles. The highest BCUT2D eigenvalue weighted by Crippen LogP contribution is 2.38. The summed E-state index contributed by atoms with van der Waals surface area (Å²) in [5.74, 6) is -2.05. The summed E-state index contributed by atoms with van der Waals surface area (Å²) < 4.78 is 39.8. The van der Waals surface area contributed by atoms with Crippen LogP contribution in [0.15, 0.2) is 48.5 Å². The number of carbonyl (C=O) groups is 1. The molecule has 0 aliphatic heterocycles. The van der Waals surface area contributed by atoms with Crippen LogP contribution in [-0.2, 0) is 0 Å². The molecule has 1 aromatic heterocycles. The standard InChI is InChI=1S/C25H25F2N5O3/c1-13(28)12-29-16-7-4-14(5-8-16)25(33)30-24-17-9-6-15(10-18(17)31-32-24)21-22(26)19(34-2)11-20(35-3)23(21)27/h4-11,13,29H,12,28H2,1-3H3,(H2,30,31,32,33)/t13-/m1/s1. The summed E-state index contributed by atoms with van der Waals surface area (Å²) in [6, 6.07) is 12.8. The van der Waals surface area contributed by atoms with Crippen molar-refractivity contribution in [3.63, 3.8) is 0 Å². The number of amides is 1. The predicted molar refractivity (Wildman–Crippen MR) is 131 cm³/mol. The van der Waals surface area contributed by atoms with Gasteiger partial charge >= 0.3 is 0 Å². The average Bonchev–Trinajstić information content (AvgIpc) is 3.25. The van der Waals surface area contributed by atoms with E-state index in [0.717, 1.165) is 11.8 Å². The lowest BCUT2D eigenvalue weighted by Crippen LogP contribution is -2.25. The molecule has 1 amide bonds. The van der Waals surface area contributed by atoms with E-state index in [9.17, 15) is 13.6 Å². The van der Waals surface area contributed by atoms with E-state index in [-0.39, 0.29) is 34.6 Å². The molecule has 0 unspecified atom stereocenters. The first-order valence-corrected chi connectivity index (χ1v) is 10.8. The van der Waals surface area contributed by atoms with Crippen molar-refractivity contribution in [2.75, 3.05) is 31.4 Å². The molecule has 1 atom stereocenters. The van der Waals surface area contributed by atoms with Crippen molar-refractivity contribution in [2.45, 2.75) is 13.0 Å². The lowest BCUT2D eigenvalue weighted by molar-refractivity contribution is 0.102. The topological polar surface area (TPSA) is 114 Å². The number of benzene rings is 3. The molecule has 8 nitrogen and oxygen atoms in total. The fourth-order valence-electron chi connectivity index (χ4n) is 3.61. The number of halogens is 2. The Morgan fingerprint density at radius 3 is 2.31 bits per heavy atom. The van der Waals surface area contributed by atoms with Gasteiger partial charge in [-0.05, 0) is 48.9 Å². The minimum absolute atomic E-state index is 0.00497. The largest absolute Gasteiger partial charge is 0.494 e. The Hall–Kier alpha value is -4.18. The molecule has 4 rings (SSSR count). The van der Waals surface area contributed by atoms with Crippen LogP contribution in [0, 0.1) is 11.6 Å². The first kappa shape index (κ1) is 24.0. The van der Waals surface area contributed by atoms with Crippen molar-refractivity contribution in [1.82, 2.24) is 10.2 Å². The highest BCUT2D eigenvalue weighted by Gasteiger charge is 2.22. The van der Waals surface area contributed by atoms with Gasteiger partial charge in [0.1, 0.15) is 0 Å². The third kappa shape index (κ3) is 4.87. The lowest BCUT2D eigenvalue weighted by Gasteiger charge is -2.13. The summed E-state index contributed by atoms with van der Waals surface area (Å²) >= 11 is 0. The second-order valence-electron chi connectivity index (χ2n) is 8.01. The number of ether oxygens (including phenoxy) is 2. The lowest BCUT2D eigenvalue weighted by atomic mass is 10.0. The summed E-state index contributed by atoms with van der Waals surface area (Å²) in [6.45, 7) is 2.51. The smallest absolute Gasteiger partial charge is 0.256 e. The Bertz CT molecular complexity index is 1340. The molecule has 0 spiro atoms. The molecule has 0 aliphatic carbocycles. The number of nitrogens with one attached hydrogen (secondary N) is 3. The number of rotatable bonds is 8. The van der Waals surface area contributed by atoms with Crippen LogP contribution < -0.4 is 25.8 Å². The first-order valence-electron chi connectivity index (χ1n) is 10.8. The maximum absolute atomic E-state index is 14.9. The Morgan fingerprint density at radius 1 is 1.06 bits per heavy atom. The first-order chi connectivity index (χ1) is 16.8. The van der Waals surface area contributed by atoms with Crippen LogP contribution in [0.1, 0.15) is 17.3 Å². The molecule has 10 heteroatoms. The summed E-state index contributed by atoms with van der Waals surface area (Å²) in [7, 11) is 2.58. The maximum Gasteiger partial charge on any atom is 0.256 e. The van der Waals surface area contributed by atoms with Gasteiger partial charge in [0.15, 0.2) is 29.0 Å². The zero-order valence-corrected chi connectivity index (χ0v) is 19.4. The van der Waals surface area contributed by atoms with Crippen LogP contribution in [0.3, 0.4) is 0 Å². The van der Waals surface area contributed by atoms with Crippen molar-refractivity contribution >= 4 is 28.3 Å². The number of methoxy groups -OCH3 is 2. The van der Waals surface area contributed by atoms with E-state index in [0.29, 0.717) is 28.8 Å². The van der Waals surface area contributed by atoms with Gasteiger partial charge in [-0.25, -0.2) is 8.78 Å². The molecule has 0 aliphatic rings. The van der Waals surface area contributed by atoms with Gasteiger partial charge < -0.3 is 25.8 Å². The number of hydrogen-bond acceptors (Lipinski definition) is 6. The Labute approximate surface area is 200 Å². The minimum atomic E-state index is -0.850. The van der Waals surface area contributed by atoms with Gasteiger partial charge in [-0.15, -0.1) is 0 Å². The van der Waals surface area contributed by atoms with E-state index in [1.165, 1.54) is 26.4 Å². The maximum atomic E-state index is 14.9. The number of H-pyrrole nitrogens is 1. The summed E-state index contributed by atoms with van der Waals surface area (Å²) in [4.78, 5) is 12.7. The van der Waals surface area contributed by atoms with Crippen molar-refractivity contribution in [2.24, 2.45) is 5.73 Å². The van der Waals surface area contributed by atoms with Gasteiger partial charge in [-0.3, -0.25) is 9.89 Å². The van der Waals surface area contributed by atoms with Crippen LogP contribution in [0.2, 0.25) is 0 Å². The van der Waals surface area contributed by atoms with E-state index in [2.05, 4.69) is 20.8 Å². The van der Waals surface area contributed by atoms with E-state index in [4.69, 9.17) is 15.2 Å². The molecule has 3 aromatic carbocycles. The third-order valence-electron chi connectivity index (χ3n) is 5.43.